The van der Waals surface area contributed by atoms with Crippen LogP contribution in [0.4, 0.5) is 5.69 Å². The van der Waals surface area contributed by atoms with E-state index in [0.29, 0.717) is 11.3 Å². The number of sulfonamides is 1. The van der Waals surface area contributed by atoms with Crippen LogP contribution in [0.5, 0.6) is 0 Å². The van der Waals surface area contributed by atoms with E-state index in [2.05, 4.69) is 15.0 Å². The van der Waals surface area contributed by atoms with Gasteiger partial charge in [0.25, 0.3) is 15.9 Å². The minimum Gasteiger partial charge on any atom is -0.456 e. The SMILES string of the molecule is Cc1cc(C)cc(NC(=O)COC(=O)CCN=C2NS(=O)(=O)c3ccccc32)c1. The predicted octanol–water partition coefficient (Wildman–Crippen LogP) is 1.91. The lowest BCUT2D eigenvalue weighted by molar-refractivity contribution is -0.147. The summed E-state index contributed by atoms with van der Waals surface area (Å²) in [4.78, 5) is 28.1. The third-order valence-electron chi connectivity index (χ3n) is 4.12. The Hall–Kier alpha value is -3.20. The number of hydrogen-bond acceptors (Lipinski definition) is 6. The van der Waals surface area contributed by atoms with Crippen molar-refractivity contribution in [2.75, 3.05) is 18.5 Å². The number of nitrogens with one attached hydrogen (secondary N) is 2. The quantitative estimate of drug-likeness (QED) is 0.700. The topological polar surface area (TPSA) is 114 Å². The third-order valence-corrected chi connectivity index (χ3v) is 5.52. The molecule has 3 rings (SSSR count). The first kappa shape index (κ1) is 20.5. The molecular weight excluding hydrogens is 394 g/mol. The van der Waals surface area contributed by atoms with Gasteiger partial charge in [-0.25, -0.2) is 8.42 Å². The number of nitrogens with zero attached hydrogens (tertiary/aromatic N) is 1. The number of carbonyl (C=O) groups excluding carboxylic acids is 2. The molecule has 0 bridgehead atoms. The van der Waals surface area contributed by atoms with Crippen LogP contribution < -0.4 is 10.0 Å². The molecule has 0 fully saturated rings. The van der Waals surface area contributed by atoms with Crippen molar-refractivity contribution in [1.29, 1.82) is 0 Å². The predicted molar refractivity (Wildman–Crippen MR) is 108 cm³/mol. The number of aliphatic imine (C=N–C) groups is 1. The summed E-state index contributed by atoms with van der Waals surface area (Å²) < 4.78 is 31.3. The Morgan fingerprint density at radius 2 is 1.79 bits per heavy atom. The first-order valence-corrected chi connectivity index (χ1v) is 10.4. The average Bonchev–Trinajstić information content (AvgIpc) is 2.90. The van der Waals surface area contributed by atoms with Crippen LogP contribution in [0, 0.1) is 13.8 Å². The minimum atomic E-state index is -3.61. The van der Waals surface area contributed by atoms with Crippen LogP contribution in [-0.4, -0.2) is 39.3 Å². The van der Waals surface area contributed by atoms with Gasteiger partial charge in [-0.15, -0.1) is 0 Å². The molecule has 1 aliphatic heterocycles. The normalized spacial score (nSPS) is 15.4. The number of fused-ring (bicyclic) bond motifs is 1. The second kappa shape index (κ2) is 8.44. The molecule has 0 atom stereocenters. The summed E-state index contributed by atoms with van der Waals surface area (Å²) in [6.07, 6.45) is -0.0791. The van der Waals surface area contributed by atoms with Crippen molar-refractivity contribution in [3.63, 3.8) is 0 Å². The van der Waals surface area contributed by atoms with E-state index in [1.54, 1.807) is 18.2 Å². The Bertz CT molecular complexity index is 1070. The standard InChI is InChI=1S/C20H21N3O5S/c1-13-9-14(2)11-15(10-13)22-18(24)12-28-19(25)7-8-21-20-16-5-3-4-6-17(16)29(26,27)23-20/h3-6,9-11H,7-8,12H2,1-2H3,(H,21,23)(H,22,24). The molecule has 2 N–H and O–H groups in total. The van der Waals surface area contributed by atoms with E-state index in [1.165, 1.54) is 6.07 Å². The van der Waals surface area contributed by atoms with Gasteiger partial charge in [0.15, 0.2) is 6.61 Å². The molecule has 0 aromatic heterocycles. The molecule has 152 valence electrons. The smallest absolute Gasteiger partial charge is 0.308 e. The number of rotatable bonds is 6. The fourth-order valence-corrected chi connectivity index (χ4v) is 4.22. The average molecular weight is 415 g/mol. The summed E-state index contributed by atoms with van der Waals surface area (Å²) >= 11 is 0. The molecule has 0 saturated carbocycles. The first-order valence-electron chi connectivity index (χ1n) is 8.95. The first-order chi connectivity index (χ1) is 13.7. The number of ether oxygens (including phenoxy) is 1. The second-order valence-corrected chi connectivity index (χ2v) is 8.32. The number of esters is 1. The molecule has 2 aromatic rings. The van der Waals surface area contributed by atoms with Crippen LogP contribution >= 0.6 is 0 Å². The van der Waals surface area contributed by atoms with Crippen LogP contribution in [0.15, 0.2) is 52.4 Å². The summed E-state index contributed by atoms with van der Waals surface area (Å²) in [5.41, 5.74) is 3.14. The van der Waals surface area contributed by atoms with Gasteiger partial charge in [-0.05, 0) is 49.2 Å². The molecular formula is C20H21N3O5S. The van der Waals surface area contributed by atoms with Gasteiger partial charge < -0.3 is 10.1 Å². The zero-order valence-corrected chi connectivity index (χ0v) is 16.9. The summed E-state index contributed by atoms with van der Waals surface area (Å²) in [5, 5.41) is 2.68. The van der Waals surface area contributed by atoms with Gasteiger partial charge in [-0.1, -0.05) is 18.2 Å². The molecule has 0 spiro atoms. The number of carbonyl (C=O) groups is 2. The van der Waals surface area contributed by atoms with Gasteiger partial charge in [0, 0.05) is 11.3 Å². The van der Waals surface area contributed by atoms with Gasteiger partial charge in [0.05, 0.1) is 17.9 Å². The Morgan fingerprint density at radius 1 is 1.10 bits per heavy atom. The molecule has 9 heteroatoms. The van der Waals surface area contributed by atoms with E-state index in [0.717, 1.165) is 11.1 Å². The third kappa shape index (κ3) is 5.20. The van der Waals surface area contributed by atoms with Gasteiger partial charge >= 0.3 is 5.97 Å². The maximum atomic E-state index is 12.0. The molecule has 2 aromatic carbocycles. The van der Waals surface area contributed by atoms with Crippen LogP contribution in [0.3, 0.4) is 0 Å². The lowest BCUT2D eigenvalue weighted by Gasteiger charge is -2.08. The van der Waals surface area contributed by atoms with Gasteiger partial charge in [0.2, 0.25) is 0 Å². The lowest BCUT2D eigenvalue weighted by Crippen LogP contribution is -2.23. The number of anilines is 1. The maximum Gasteiger partial charge on any atom is 0.308 e. The highest BCUT2D eigenvalue weighted by molar-refractivity contribution is 7.90. The van der Waals surface area contributed by atoms with Crippen LogP contribution in [-0.2, 0) is 24.3 Å². The van der Waals surface area contributed by atoms with Crippen molar-refractivity contribution in [1.82, 2.24) is 4.72 Å². The largest absolute Gasteiger partial charge is 0.456 e. The lowest BCUT2D eigenvalue weighted by atomic mass is 10.1. The zero-order chi connectivity index (χ0) is 21.0. The van der Waals surface area contributed by atoms with E-state index in [4.69, 9.17) is 4.74 Å². The second-order valence-electron chi connectivity index (χ2n) is 6.67. The Kier molecular flexibility index (Phi) is 5.97. The summed E-state index contributed by atoms with van der Waals surface area (Å²) in [6, 6.07) is 12.1. The Morgan fingerprint density at radius 3 is 2.52 bits per heavy atom. The molecule has 1 heterocycles. The monoisotopic (exact) mass is 415 g/mol. The molecule has 0 aliphatic carbocycles. The fourth-order valence-electron chi connectivity index (χ4n) is 2.97. The fraction of sp³-hybridized carbons (Fsp3) is 0.250. The van der Waals surface area contributed by atoms with E-state index >= 15 is 0 Å². The van der Waals surface area contributed by atoms with Gasteiger partial charge in [-0.3, -0.25) is 19.3 Å². The molecule has 8 nitrogen and oxygen atoms in total. The molecule has 0 saturated heterocycles. The minimum absolute atomic E-state index is 0.0315. The van der Waals surface area contributed by atoms with Crippen molar-refractivity contribution in [2.45, 2.75) is 25.2 Å². The van der Waals surface area contributed by atoms with E-state index in [1.807, 2.05) is 32.0 Å². The van der Waals surface area contributed by atoms with Crippen molar-refractivity contribution in [2.24, 2.45) is 4.99 Å². The Labute approximate surface area is 169 Å². The van der Waals surface area contributed by atoms with Crippen LogP contribution in [0.25, 0.3) is 0 Å². The van der Waals surface area contributed by atoms with Crippen molar-refractivity contribution in [3.05, 3.63) is 59.2 Å². The highest BCUT2D eigenvalue weighted by atomic mass is 32.2. The van der Waals surface area contributed by atoms with E-state index in [-0.39, 0.29) is 23.7 Å². The maximum absolute atomic E-state index is 12.0. The van der Waals surface area contributed by atoms with Gasteiger partial charge in [-0.2, -0.15) is 0 Å². The highest BCUT2D eigenvalue weighted by Crippen LogP contribution is 2.22. The van der Waals surface area contributed by atoms with E-state index in [9.17, 15) is 18.0 Å². The molecule has 0 unspecified atom stereocenters. The summed E-state index contributed by atoms with van der Waals surface area (Å²) in [7, 11) is -3.61. The summed E-state index contributed by atoms with van der Waals surface area (Å²) in [5.74, 6) is -0.841. The van der Waals surface area contributed by atoms with E-state index < -0.39 is 28.5 Å². The van der Waals surface area contributed by atoms with Crippen molar-refractivity contribution < 1.29 is 22.7 Å². The number of aryl methyl sites for hydroxylation is 2. The molecule has 1 amide bonds. The van der Waals surface area contributed by atoms with Gasteiger partial charge in [0.1, 0.15) is 5.84 Å². The zero-order valence-electron chi connectivity index (χ0n) is 16.1. The van der Waals surface area contributed by atoms with Crippen molar-refractivity contribution in [3.8, 4) is 0 Å². The molecule has 0 radical (unpaired) electrons. The Balaban J connectivity index is 1.48. The molecule has 1 aliphatic rings. The van der Waals surface area contributed by atoms with Crippen LogP contribution in [0.1, 0.15) is 23.1 Å². The number of amidine groups is 1. The van der Waals surface area contributed by atoms with Crippen molar-refractivity contribution >= 4 is 33.4 Å². The number of hydrogen-bond donors (Lipinski definition) is 2. The van der Waals surface area contributed by atoms with Crippen LogP contribution in [0.2, 0.25) is 0 Å². The number of benzene rings is 2. The summed E-state index contributed by atoms with van der Waals surface area (Å²) in [6.45, 7) is 3.47. The number of amides is 1. The molecule has 29 heavy (non-hydrogen) atoms. The highest BCUT2D eigenvalue weighted by Gasteiger charge is 2.29.